The van der Waals surface area contributed by atoms with Crippen molar-refractivity contribution in [2.45, 2.75) is 20.8 Å². The van der Waals surface area contributed by atoms with E-state index in [0.29, 0.717) is 0 Å². The van der Waals surface area contributed by atoms with E-state index in [1.165, 1.54) is 57.0 Å². The van der Waals surface area contributed by atoms with Crippen LogP contribution in [-0.4, -0.2) is 26.5 Å². The molecule has 0 aromatic heterocycles. The second-order valence-corrected chi connectivity index (χ2v) is 14.7. The van der Waals surface area contributed by atoms with E-state index < -0.39 is 19.8 Å². The molecule has 134 valence electrons. The van der Waals surface area contributed by atoms with Crippen LogP contribution in [0.3, 0.4) is 0 Å². The Balaban J connectivity index is 1.70. The zero-order chi connectivity index (χ0) is 18.0. The van der Waals surface area contributed by atoms with E-state index in [9.17, 15) is 0 Å². The number of aryl methyl sites for hydroxylation is 3. The third-order valence-corrected chi connectivity index (χ3v) is 12.5. The van der Waals surface area contributed by atoms with Crippen molar-refractivity contribution in [2.75, 3.05) is 26.8 Å². The quantitative estimate of drug-likeness (QED) is 0.320. The summed E-state index contributed by atoms with van der Waals surface area (Å²) >= 11 is -1.20. The van der Waals surface area contributed by atoms with E-state index in [0.717, 1.165) is 0 Å². The molecule has 2 aromatic carbocycles. The summed E-state index contributed by atoms with van der Waals surface area (Å²) in [6, 6.07) is 13.7. The van der Waals surface area contributed by atoms with Crippen LogP contribution in [0.1, 0.15) is 22.3 Å². The molecule has 1 nitrogen and oxygen atoms in total. The molecular formula is C22H27I2N. The number of halogens is 2. The molecule has 1 aliphatic heterocycles. The van der Waals surface area contributed by atoms with E-state index in [-0.39, 0.29) is 20.7 Å². The molecule has 0 atom stereocenters. The Morgan fingerprint density at radius 2 is 1.68 bits per heavy atom. The van der Waals surface area contributed by atoms with Gasteiger partial charge in [-0.25, -0.2) is 0 Å². The number of hydrogen-bond acceptors (Lipinski definition) is 1. The molecule has 3 rings (SSSR count). The fourth-order valence-corrected chi connectivity index (χ4v) is 9.83. The van der Waals surface area contributed by atoms with Gasteiger partial charge in [0.25, 0.3) is 0 Å². The molecule has 1 aliphatic rings. The van der Waals surface area contributed by atoms with Gasteiger partial charge in [0.2, 0.25) is 0 Å². The first kappa shape index (κ1) is 19.1. The van der Waals surface area contributed by atoms with Crippen LogP contribution in [0.15, 0.2) is 43.0 Å². The van der Waals surface area contributed by atoms with Gasteiger partial charge in [0.05, 0.1) is 0 Å². The van der Waals surface area contributed by atoms with Crippen molar-refractivity contribution in [3.63, 3.8) is 0 Å². The number of nitrogens with zero attached hydrogens (tertiary/aromatic N) is 1. The zero-order valence-corrected chi connectivity index (χ0v) is 19.7. The molecule has 0 unspecified atom stereocenters. The molecule has 1 fully saturated rings. The fraction of sp³-hybridized carbons (Fsp3) is 0.318. The van der Waals surface area contributed by atoms with Crippen LogP contribution in [0.4, 0.5) is 5.69 Å². The predicted molar refractivity (Wildman–Crippen MR) is 132 cm³/mol. The Morgan fingerprint density at radius 3 is 2.36 bits per heavy atom. The summed E-state index contributed by atoms with van der Waals surface area (Å²) in [6.45, 7) is 13.6. The summed E-state index contributed by atoms with van der Waals surface area (Å²) in [7, 11) is 0. The maximum absolute atomic E-state index is 4.55. The third kappa shape index (κ3) is 4.35. The summed E-state index contributed by atoms with van der Waals surface area (Å²) in [6.07, 6.45) is 0. The van der Waals surface area contributed by atoms with E-state index in [1.807, 2.05) is 0 Å². The van der Waals surface area contributed by atoms with Crippen molar-refractivity contribution >= 4 is 54.3 Å². The molecule has 0 saturated carbocycles. The number of hydrogen-bond donors (Lipinski definition) is 0. The SMILES string of the molecule is C=Ic1cccc(N2CCI(C(=C)c3cc(C)c(C)cc3C)CC2)c1. The van der Waals surface area contributed by atoms with Crippen molar-refractivity contribution in [3.8, 4) is 0 Å². The van der Waals surface area contributed by atoms with E-state index in [1.54, 1.807) is 0 Å². The van der Waals surface area contributed by atoms with Crippen LogP contribution >= 0.6 is 40.6 Å². The molecule has 0 radical (unpaired) electrons. The van der Waals surface area contributed by atoms with Gasteiger partial charge in [-0.3, -0.25) is 0 Å². The number of rotatable bonds is 4. The van der Waals surface area contributed by atoms with Gasteiger partial charge in [0.15, 0.2) is 0 Å². The van der Waals surface area contributed by atoms with Crippen LogP contribution in [-0.2, 0) is 0 Å². The summed E-state index contributed by atoms with van der Waals surface area (Å²) in [5.41, 5.74) is 7.01. The van der Waals surface area contributed by atoms with Crippen LogP contribution in [0, 0.1) is 24.3 Å². The second-order valence-electron chi connectivity index (χ2n) is 6.59. The average Bonchev–Trinajstić information content (AvgIpc) is 2.64. The topological polar surface area (TPSA) is 3.24 Å². The van der Waals surface area contributed by atoms with Gasteiger partial charge >= 0.3 is 171 Å². The van der Waals surface area contributed by atoms with Crippen LogP contribution in [0.25, 0.3) is 3.58 Å². The van der Waals surface area contributed by atoms with E-state index in [4.69, 9.17) is 0 Å². The minimum absolute atomic E-state index is 0.0713. The number of alkyl halides is 2. The van der Waals surface area contributed by atoms with Gasteiger partial charge in [-0.05, 0) is 0 Å². The first-order chi connectivity index (χ1) is 12.0. The van der Waals surface area contributed by atoms with Crippen LogP contribution in [0.2, 0.25) is 0 Å². The number of benzene rings is 2. The molecule has 3 heteroatoms. The second kappa shape index (κ2) is 8.33. The van der Waals surface area contributed by atoms with Crippen molar-refractivity contribution in [3.05, 3.63) is 68.8 Å². The summed E-state index contributed by atoms with van der Waals surface area (Å²) in [5, 5.41) is 0. The van der Waals surface area contributed by atoms with Gasteiger partial charge in [-0.15, -0.1) is 0 Å². The van der Waals surface area contributed by atoms with Gasteiger partial charge in [-0.1, -0.05) is 0 Å². The van der Waals surface area contributed by atoms with Gasteiger partial charge in [0, 0.05) is 0 Å². The molecule has 25 heavy (non-hydrogen) atoms. The molecule has 1 saturated heterocycles. The average molecular weight is 559 g/mol. The Kier molecular flexibility index (Phi) is 6.36. The minimum atomic E-state index is -1.13. The molecule has 2 aromatic rings. The summed E-state index contributed by atoms with van der Waals surface area (Å²) in [5.74, 6) is 0. The Bertz CT molecular complexity index is 802. The van der Waals surface area contributed by atoms with Crippen molar-refractivity contribution in [1.82, 2.24) is 0 Å². The van der Waals surface area contributed by atoms with E-state index in [2.05, 4.69) is 73.2 Å². The van der Waals surface area contributed by atoms with Gasteiger partial charge in [0.1, 0.15) is 0 Å². The zero-order valence-electron chi connectivity index (χ0n) is 15.4. The van der Waals surface area contributed by atoms with E-state index >= 15 is 0 Å². The molecule has 0 aliphatic carbocycles. The Labute approximate surface area is 169 Å². The first-order valence-electron chi connectivity index (χ1n) is 8.62. The molecule has 0 spiro atoms. The van der Waals surface area contributed by atoms with Crippen molar-refractivity contribution < 1.29 is 0 Å². The fourth-order valence-electron chi connectivity index (χ4n) is 3.25. The molecule has 0 amide bonds. The van der Waals surface area contributed by atoms with Gasteiger partial charge < -0.3 is 0 Å². The van der Waals surface area contributed by atoms with Crippen molar-refractivity contribution in [1.29, 1.82) is 0 Å². The molecule has 1 heterocycles. The normalized spacial score (nSPS) is 16.1. The monoisotopic (exact) mass is 559 g/mol. The third-order valence-electron chi connectivity index (χ3n) is 4.95. The molecule has 0 N–H and O–H groups in total. The first-order valence-corrected chi connectivity index (χ1v) is 15.3. The summed E-state index contributed by atoms with van der Waals surface area (Å²) in [4.78, 5) is 2.57. The predicted octanol–water partition coefficient (Wildman–Crippen LogP) is 6.18. The number of anilines is 1. The van der Waals surface area contributed by atoms with Crippen LogP contribution in [0.5, 0.6) is 0 Å². The standard InChI is InChI=1S/C22H27I2N/c1-16-13-18(3)22(14-17(16)2)19(4)24-9-11-25(12-10-24)21-8-6-7-20(15-21)23-5/h6-8,13-15H,4-5,9-12H2,1-3H3. The Hall–Kier alpha value is -0.690. The summed E-state index contributed by atoms with van der Waals surface area (Å²) < 4.78 is 9.74. The maximum atomic E-state index is 4.55. The van der Waals surface area contributed by atoms with Crippen LogP contribution < -0.4 is 4.90 Å². The molecule has 0 bridgehead atoms. The van der Waals surface area contributed by atoms with Gasteiger partial charge in [-0.2, -0.15) is 0 Å². The molecular weight excluding hydrogens is 532 g/mol. The Morgan fingerprint density at radius 1 is 1.00 bits per heavy atom. The van der Waals surface area contributed by atoms with Crippen molar-refractivity contribution in [2.24, 2.45) is 0 Å².